The van der Waals surface area contributed by atoms with Crippen molar-refractivity contribution < 1.29 is 5.11 Å². The number of aliphatic hydroxyl groups is 1. The Kier molecular flexibility index (Phi) is 7.02. The van der Waals surface area contributed by atoms with E-state index in [0.29, 0.717) is 0 Å². The second-order valence-corrected chi connectivity index (χ2v) is 6.60. The van der Waals surface area contributed by atoms with Crippen molar-refractivity contribution in [2.24, 2.45) is 0 Å². The number of likely N-dealkylation sites (N-methyl/N-ethyl adjacent to an activating group) is 1. The van der Waals surface area contributed by atoms with Crippen molar-refractivity contribution in [1.82, 2.24) is 14.8 Å². The lowest BCUT2D eigenvalue weighted by molar-refractivity contribution is 0.143. The third kappa shape index (κ3) is 6.85. The van der Waals surface area contributed by atoms with Crippen molar-refractivity contribution >= 4 is 0 Å². The predicted molar refractivity (Wildman–Crippen MR) is 88.0 cm³/mol. The number of pyridine rings is 1. The minimum Gasteiger partial charge on any atom is -0.392 e. The van der Waals surface area contributed by atoms with E-state index in [-0.39, 0.29) is 12.1 Å². The average molecular weight is 291 g/mol. The molecule has 0 aliphatic carbocycles. The van der Waals surface area contributed by atoms with Gasteiger partial charge in [0.2, 0.25) is 0 Å². The van der Waals surface area contributed by atoms with Crippen molar-refractivity contribution in [3.8, 4) is 0 Å². The normalized spacial score (nSPS) is 12.8. The molecule has 0 unspecified atom stereocenters. The molecule has 0 saturated heterocycles. The maximum Gasteiger partial charge on any atom is 0.0683 e. The molecule has 0 aromatic carbocycles. The quantitative estimate of drug-likeness (QED) is 0.783. The minimum absolute atomic E-state index is 0.0633. The van der Waals surface area contributed by atoms with E-state index in [1.807, 2.05) is 12.1 Å². The Balaban J connectivity index is 2.72. The molecule has 1 aromatic heterocycles. The highest BCUT2D eigenvalue weighted by Gasteiger charge is 2.20. The number of aliphatic hydroxyl groups excluding tert-OH is 1. The summed E-state index contributed by atoms with van der Waals surface area (Å²) in [6.07, 6.45) is 6.17. The van der Waals surface area contributed by atoms with Gasteiger partial charge in [0.1, 0.15) is 0 Å². The van der Waals surface area contributed by atoms with Crippen molar-refractivity contribution in [3.63, 3.8) is 0 Å². The van der Waals surface area contributed by atoms with E-state index in [4.69, 9.17) is 0 Å². The van der Waals surface area contributed by atoms with Gasteiger partial charge in [0.15, 0.2) is 0 Å². The van der Waals surface area contributed by atoms with Crippen LogP contribution in [0.25, 0.3) is 0 Å². The molecule has 4 heteroatoms. The maximum atomic E-state index is 9.22. The van der Waals surface area contributed by atoms with Crippen LogP contribution in [0.4, 0.5) is 0 Å². The van der Waals surface area contributed by atoms with Crippen molar-refractivity contribution in [3.05, 3.63) is 41.7 Å². The highest BCUT2D eigenvalue weighted by molar-refractivity contribution is 5.15. The fourth-order valence-corrected chi connectivity index (χ4v) is 1.97. The summed E-state index contributed by atoms with van der Waals surface area (Å²) < 4.78 is 0. The second kappa shape index (κ2) is 8.27. The van der Waals surface area contributed by atoms with Crippen molar-refractivity contribution in [2.75, 3.05) is 27.2 Å². The first-order valence-electron chi connectivity index (χ1n) is 7.42. The van der Waals surface area contributed by atoms with Crippen LogP contribution in [0.5, 0.6) is 0 Å². The summed E-state index contributed by atoms with van der Waals surface area (Å²) in [6.45, 7) is 9.32. The van der Waals surface area contributed by atoms with E-state index >= 15 is 0 Å². The third-order valence-electron chi connectivity index (χ3n) is 3.33. The van der Waals surface area contributed by atoms with Gasteiger partial charge in [-0.1, -0.05) is 12.2 Å². The molecule has 0 atom stereocenters. The Labute approximate surface area is 129 Å². The number of hydrogen-bond donors (Lipinski definition) is 1. The van der Waals surface area contributed by atoms with Crippen LogP contribution in [-0.4, -0.2) is 52.6 Å². The lowest BCUT2D eigenvalue weighted by Gasteiger charge is -2.34. The highest BCUT2D eigenvalue weighted by Crippen LogP contribution is 2.17. The highest BCUT2D eigenvalue weighted by atomic mass is 16.3. The molecule has 118 valence electrons. The summed E-state index contributed by atoms with van der Waals surface area (Å²) in [5.74, 6) is 0. The van der Waals surface area contributed by atoms with Crippen LogP contribution >= 0.6 is 0 Å². The lowest BCUT2D eigenvalue weighted by atomic mass is 10.1. The first-order chi connectivity index (χ1) is 9.82. The molecule has 1 heterocycles. The molecular weight excluding hydrogens is 262 g/mol. The van der Waals surface area contributed by atoms with Gasteiger partial charge in [0, 0.05) is 31.4 Å². The van der Waals surface area contributed by atoms with E-state index < -0.39 is 0 Å². The standard InChI is InChI=1S/C17H29N3O/c1-17(2,3)20(11-7-6-10-19(4)5)13-16-12-15(14-21)8-9-18-16/h6-9,12,21H,10-11,13-14H2,1-5H3/b7-6-. The average Bonchev–Trinajstić information content (AvgIpc) is 2.41. The molecule has 1 aromatic rings. The SMILES string of the molecule is CN(C)C/C=C\CN(Cc1cc(CO)ccn1)C(C)(C)C. The molecule has 0 saturated carbocycles. The topological polar surface area (TPSA) is 39.6 Å². The third-order valence-corrected chi connectivity index (χ3v) is 3.33. The molecule has 0 amide bonds. The number of rotatable bonds is 7. The van der Waals surface area contributed by atoms with Gasteiger partial charge in [0.25, 0.3) is 0 Å². The number of nitrogens with zero attached hydrogens (tertiary/aromatic N) is 3. The van der Waals surface area contributed by atoms with Gasteiger partial charge in [0.05, 0.1) is 12.3 Å². The number of hydrogen-bond acceptors (Lipinski definition) is 4. The minimum atomic E-state index is 0.0633. The molecular formula is C17H29N3O. The monoisotopic (exact) mass is 291 g/mol. The molecule has 0 fully saturated rings. The van der Waals surface area contributed by atoms with Gasteiger partial charge in [-0.3, -0.25) is 9.88 Å². The summed E-state index contributed by atoms with van der Waals surface area (Å²) in [6, 6.07) is 3.82. The van der Waals surface area contributed by atoms with Gasteiger partial charge in [-0.2, -0.15) is 0 Å². The zero-order chi connectivity index (χ0) is 15.9. The van der Waals surface area contributed by atoms with Crippen LogP contribution in [-0.2, 0) is 13.2 Å². The van der Waals surface area contributed by atoms with Crippen LogP contribution < -0.4 is 0 Å². The molecule has 0 aliphatic rings. The zero-order valence-corrected chi connectivity index (χ0v) is 14.0. The summed E-state index contributed by atoms with van der Waals surface area (Å²) in [5.41, 5.74) is 1.98. The summed E-state index contributed by atoms with van der Waals surface area (Å²) in [5, 5.41) is 9.22. The Morgan fingerprint density at radius 2 is 1.86 bits per heavy atom. The smallest absolute Gasteiger partial charge is 0.0683 e. The largest absolute Gasteiger partial charge is 0.392 e. The van der Waals surface area contributed by atoms with Gasteiger partial charge < -0.3 is 10.0 Å². The van der Waals surface area contributed by atoms with Crippen molar-refractivity contribution in [2.45, 2.75) is 39.5 Å². The van der Waals surface area contributed by atoms with E-state index in [1.165, 1.54) is 0 Å². The van der Waals surface area contributed by atoms with Crippen LogP contribution in [0, 0.1) is 0 Å². The van der Waals surface area contributed by atoms with E-state index in [2.05, 4.69) is 61.8 Å². The summed E-state index contributed by atoms with van der Waals surface area (Å²) in [4.78, 5) is 8.93. The molecule has 4 nitrogen and oxygen atoms in total. The molecule has 1 rings (SSSR count). The van der Waals surface area contributed by atoms with Crippen LogP contribution in [0.1, 0.15) is 32.0 Å². The molecule has 1 N–H and O–H groups in total. The second-order valence-electron chi connectivity index (χ2n) is 6.60. The molecule has 0 bridgehead atoms. The molecule has 21 heavy (non-hydrogen) atoms. The van der Waals surface area contributed by atoms with Crippen LogP contribution in [0.3, 0.4) is 0 Å². The van der Waals surface area contributed by atoms with Gasteiger partial charge in [-0.05, 0) is 52.6 Å². The fraction of sp³-hybridized carbons (Fsp3) is 0.588. The van der Waals surface area contributed by atoms with Crippen molar-refractivity contribution in [1.29, 1.82) is 0 Å². The Morgan fingerprint density at radius 3 is 2.43 bits per heavy atom. The number of aromatic nitrogens is 1. The van der Waals surface area contributed by atoms with E-state index in [9.17, 15) is 5.11 Å². The zero-order valence-electron chi connectivity index (χ0n) is 14.0. The Morgan fingerprint density at radius 1 is 1.19 bits per heavy atom. The van der Waals surface area contributed by atoms with E-state index in [0.717, 1.165) is 30.9 Å². The molecule has 0 radical (unpaired) electrons. The Bertz CT molecular complexity index is 450. The summed E-state index contributed by atoms with van der Waals surface area (Å²) in [7, 11) is 4.13. The van der Waals surface area contributed by atoms with Crippen LogP contribution in [0.15, 0.2) is 30.5 Å². The molecule has 0 aliphatic heterocycles. The molecule has 0 spiro atoms. The lowest BCUT2D eigenvalue weighted by Crippen LogP contribution is -2.41. The fourth-order valence-electron chi connectivity index (χ4n) is 1.97. The predicted octanol–water partition coefficient (Wildman–Crippen LogP) is 2.29. The first kappa shape index (κ1) is 17.8. The van der Waals surface area contributed by atoms with E-state index in [1.54, 1.807) is 6.20 Å². The van der Waals surface area contributed by atoms with Crippen LogP contribution in [0.2, 0.25) is 0 Å². The van der Waals surface area contributed by atoms with Gasteiger partial charge in [-0.15, -0.1) is 0 Å². The maximum absolute atomic E-state index is 9.22. The summed E-state index contributed by atoms with van der Waals surface area (Å²) >= 11 is 0. The van der Waals surface area contributed by atoms with Gasteiger partial charge in [-0.25, -0.2) is 0 Å². The Hall–Kier alpha value is -1.23. The van der Waals surface area contributed by atoms with Gasteiger partial charge >= 0.3 is 0 Å². The first-order valence-corrected chi connectivity index (χ1v) is 7.42.